The average molecular weight is 310 g/mol. The first-order valence-corrected chi connectivity index (χ1v) is 9.20. The van der Waals surface area contributed by atoms with Crippen LogP contribution in [0.4, 0.5) is 4.79 Å². The maximum absolute atomic E-state index is 12.1. The highest BCUT2D eigenvalue weighted by atomic mass is 16.2. The van der Waals surface area contributed by atoms with E-state index in [2.05, 4.69) is 29.0 Å². The highest BCUT2D eigenvalue weighted by molar-refractivity contribution is 5.74. The first-order chi connectivity index (χ1) is 10.7. The number of hydrogen-bond acceptors (Lipinski definition) is 3. The smallest absolute Gasteiger partial charge is 0.317 e. The second kappa shape index (κ2) is 9.36. The van der Waals surface area contributed by atoms with Crippen molar-refractivity contribution in [2.75, 3.05) is 52.4 Å². The summed E-state index contributed by atoms with van der Waals surface area (Å²) >= 11 is 0. The lowest BCUT2D eigenvalue weighted by Gasteiger charge is -2.34. The molecule has 0 aromatic heterocycles. The largest absolute Gasteiger partial charge is 0.338 e. The highest BCUT2D eigenvalue weighted by Crippen LogP contribution is 2.16. The Bertz CT molecular complexity index is 329. The van der Waals surface area contributed by atoms with Crippen molar-refractivity contribution < 1.29 is 4.79 Å². The van der Waals surface area contributed by atoms with Crippen molar-refractivity contribution >= 4 is 6.03 Å². The minimum atomic E-state index is 0.142. The molecule has 0 saturated carbocycles. The van der Waals surface area contributed by atoms with Gasteiger partial charge in [-0.15, -0.1) is 0 Å². The van der Waals surface area contributed by atoms with E-state index in [1.165, 1.54) is 52.1 Å². The van der Waals surface area contributed by atoms with Crippen LogP contribution in [0, 0.1) is 0 Å². The summed E-state index contributed by atoms with van der Waals surface area (Å²) in [4.78, 5) is 19.2. The van der Waals surface area contributed by atoms with Crippen LogP contribution in [0.5, 0.6) is 0 Å². The Balaban J connectivity index is 1.51. The normalized spacial score (nSPS) is 24.5. The van der Waals surface area contributed by atoms with Crippen LogP contribution in [0.15, 0.2) is 0 Å². The number of rotatable bonds is 6. The number of urea groups is 1. The van der Waals surface area contributed by atoms with Crippen LogP contribution in [0.25, 0.3) is 0 Å². The Labute approximate surface area is 136 Å². The van der Waals surface area contributed by atoms with Gasteiger partial charge in [-0.3, -0.25) is 0 Å². The second-order valence-corrected chi connectivity index (χ2v) is 6.75. The number of piperazine rings is 1. The molecule has 0 radical (unpaired) electrons. The van der Waals surface area contributed by atoms with Gasteiger partial charge in [-0.1, -0.05) is 6.92 Å². The molecule has 2 fully saturated rings. The van der Waals surface area contributed by atoms with E-state index in [1.807, 2.05) is 4.90 Å². The molecule has 1 atom stereocenters. The summed E-state index contributed by atoms with van der Waals surface area (Å²) in [5.74, 6) is 0. The molecule has 1 N–H and O–H groups in total. The van der Waals surface area contributed by atoms with Gasteiger partial charge < -0.3 is 20.0 Å². The zero-order valence-corrected chi connectivity index (χ0v) is 14.5. The van der Waals surface area contributed by atoms with Gasteiger partial charge in [-0.2, -0.15) is 0 Å². The summed E-state index contributed by atoms with van der Waals surface area (Å²) in [6.07, 6.45) is 5.83. The SMILES string of the molecule is CCN1CCN(CCCCNC(=O)N2CCCCC2C)CC1. The third kappa shape index (κ3) is 5.43. The summed E-state index contributed by atoms with van der Waals surface area (Å²) in [5, 5.41) is 3.10. The van der Waals surface area contributed by atoms with Crippen molar-refractivity contribution in [3.63, 3.8) is 0 Å². The van der Waals surface area contributed by atoms with Gasteiger partial charge in [-0.25, -0.2) is 4.79 Å². The minimum Gasteiger partial charge on any atom is -0.338 e. The predicted molar refractivity (Wildman–Crippen MR) is 91.2 cm³/mol. The van der Waals surface area contributed by atoms with Crippen molar-refractivity contribution in [2.45, 2.75) is 52.0 Å². The maximum atomic E-state index is 12.1. The zero-order valence-electron chi connectivity index (χ0n) is 14.5. The van der Waals surface area contributed by atoms with Gasteiger partial charge in [0.15, 0.2) is 0 Å². The number of carbonyl (C=O) groups is 1. The van der Waals surface area contributed by atoms with E-state index in [1.54, 1.807) is 0 Å². The molecule has 2 saturated heterocycles. The van der Waals surface area contributed by atoms with Crippen LogP contribution < -0.4 is 5.32 Å². The molecule has 2 aliphatic heterocycles. The van der Waals surface area contributed by atoms with Gasteiger partial charge in [0.1, 0.15) is 0 Å². The van der Waals surface area contributed by atoms with Crippen LogP contribution in [0.2, 0.25) is 0 Å². The number of nitrogens with zero attached hydrogens (tertiary/aromatic N) is 3. The molecule has 2 amide bonds. The van der Waals surface area contributed by atoms with E-state index in [0.29, 0.717) is 6.04 Å². The summed E-state index contributed by atoms with van der Waals surface area (Å²) in [7, 11) is 0. The summed E-state index contributed by atoms with van der Waals surface area (Å²) in [6, 6.07) is 0.548. The molecule has 1 unspecified atom stereocenters. The average Bonchev–Trinajstić information content (AvgIpc) is 2.55. The molecule has 5 heteroatoms. The number of likely N-dealkylation sites (N-methyl/N-ethyl adjacent to an activating group) is 1. The first-order valence-electron chi connectivity index (χ1n) is 9.20. The lowest BCUT2D eigenvalue weighted by molar-refractivity contribution is 0.135. The van der Waals surface area contributed by atoms with E-state index in [0.717, 1.165) is 32.4 Å². The highest BCUT2D eigenvalue weighted by Gasteiger charge is 2.22. The van der Waals surface area contributed by atoms with Crippen LogP contribution in [0.3, 0.4) is 0 Å². The molecule has 0 aliphatic carbocycles. The number of piperidine rings is 1. The second-order valence-electron chi connectivity index (χ2n) is 6.75. The minimum absolute atomic E-state index is 0.142. The third-order valence-electron chi connectivity index (χ3n) is 5.15. The van der Waals surface area contributed by atoms with Crippen LogP contribution in [-0.2, 0) is 0 Å². The number of nitrogens with one attached hydrogen (secondary N) is 1. The lowest BCUT2D eigenvalue weighted by Crippen LogP contribution is -2.48. The van der Waals surface area contributed by atoms with E-state index < -0.39 is 0 Å². The van der Waals surface area contributed by atoms with Gasteiger partial charge in [0.05, 0.1) is 0 Å². The fraction of sp³-hybridized carbons (Fsp3) is 0.941. The Morgan fingerprint density at radius 3 is 2.45 bits per heavy atom. The third-order valence-corrected chi connectivity index (χ3v) is 5.15. The first kappa shape index (κ1) is 17.5. The summed E-state index contributed by atoms with van der Waals surface area (Å²) in [6.45, 7) is 13.3. The fourth-order valence-electron chi connectivity index (χ4n) is 3.49. The van der Waals surface area contributed by atoms with Crippen molar-refractivity contribution in [1.29, 1.82) is 0 Å². The van der Waals surface area contributed by atoms with Gasteiger partial charge in [-0.05, 0) is 52.1 Å². The van der Waals surface area contributed by atoms with Crippen molar-refractivity contribution in [3.8, 4) is 0 Å². The zero-order chi connectivity index (χ0) is 15.8. The molecule has 22 heavy (non-hydrogen) atoms. The number of carbonyl (C=O) groups excluding carboxylic acids is 1. The topological polar surface area (TPSA) is 38.8 Å². The van der Waals surface area contributed by atoms with Crippen molar-refractivity contribution in [3.05, 3.63) is 0 Å². The van der Waals surface area contributed by atoms with Gasteiger partial charge in [0.25, 0.3) is 0 Å². The van der Waals surface area contributed by atoms with Crippen LogP contribution in [0.1, 0.15) is 46.0 Å². The lowest BCUT2D eigenvalue weighted by atomic mass is 10.0. The van der Waals surface area contributed by atoms with E-state index in [4.69, 9.17) is 0 Å². The van der Waals surface area contributed by atoms with Crippen LogP contribution >= 0.6 is 0 Å². The summed E-state index contributed by atoms with van der Waals surface area (Å²) in [5.41, 5.74) is 0. The standard InChI is InChI=1S/C17H34N4O/c1-3-19-12-14-20(15-13-19)10-7-5-9-18-17(22)21-11-6-4-8-16(21)2/h16H,3-15H2,1-2H3,(H,18,22). The molecule has 128 valence electrons. The van der Waals surface area contributed by atoms with E-state index >= 15 is 0 Å². The number of likely N-dealkylation sites (tertiary alicyclic amines) is 1. The molecule has 0 aromatic carbocycles. The molecular formula is C17H34N4O. The maximum Gasteiger partial charge on any atom is 0.317 e. The Morgan fingerprint density at radius 1 is 1.05 bits per heavy atom. The predicted octanol–water partition coefficient (Wildman–Crippen LogP) is 1.99. The molecule has 5 nitrogen and oxygen atoms in total. The Kier molecular flexibility index (Phi) is 7.46. The van der Waals surface area contributed by atoms with E-state index in [9.17, 15) is 4.79 Å². The monoisotopic (exact) mass is 310 g/mol. The number of hydrogen-bond donors (Lipinski definition) is 1. The molecule has 2 rings (SSSR count). The molecule has 2 aliphatic rings. The Morgan fingerprint density at radius 2 is 1.77 bits per heavy atom. The molecule has 0 bridgehead atoms. The van der Waals surface area contributed by atoms with Crippen molar-refractivity contribution in [2.24, 2.45) is 0 Å². The van der Waals surface area contributed by atoms with Crippen molar-refractivity contribution in [1.82, 2.24) is 20.0 Å². The fourth-order valence-corrected chi connectivity index (χ4v) is 3.49. The van der Waals surface area contributed by atoms with Gasteiger partial charge in [0, 0.05) is 45.3 Å². The molecular weight excluding hydrogens is 276 g/mol. The summed E-state index contributed by atoms with van der Waals surface area (Å²) < 4.78 is 0. The van der Waals surface area contributed by atoms with Gasteiger partial charge in [0.2, 0.25) is 0 Å². The Hall–Kier alpha value is -0.810. The molecule has 0 spiro atoms. The molecule has 2 heterocycles. The number of unbranched alkanes of at least 4 members (excludes halogenated alkanes) is 1. The molecule has 0 aromatic rings. The number of amides is 2. The quantitative estimate of drug-likeness (QED) is 0.763. The van der Waals surface area contributed by atoms with Crippen LogP contribution in [-0.4, -0.2) is 79.1 Å². The van der Waals surface area contributed by atoms with E-state index in [-0.39, 0.29) is 6.03 Å². The van der Waals surface area contributed by atoms with Gasteiger partial charge >= 0.3 is 6.03 Å².